The fourth-order valence-electron chi connectivity index (χ4n) is 2.46. The van der Waals surface area contributed by atoms with Crippen LogP contribution in [-0.4, -0.2) is 24.3 Å². The Hall–Kier alpha value is -2.37. The van der Waals surface area contributed by atoms with E-state index in [1.807, 2.05) is 36.4 Å². The molecule has 0 radical (unpaired) electrons. The Morgan fingerprint density at radius 3 is 2.42 bits per heavy atom. The summed E-state index contributed by atoms with van der Waals surface area (Å²) in [5.41, 5.74) is 2.12. The third-order valence-corrected chi connectivity index (χ3v) is 3.94. The number of methoxy groups -OCH3 is 1. The number of benzene rings is 2. The lowest BCUT2D eigenvalue weighted by Gasteiger charge is -2.11. The summed E-state index contributed by atoms with van der Waals surface area (Å²) in [4.78, 5) is 5.71. The summed E-state index contributed by atoms with van der Waals surface area (Å²) in [6, 6.07) is 15.4. The van der Waals surface area contributed by atoms with E-state index in [0.717, 1.165) is 17.9 Å². The molecule has 0 aliphatic carbocycles. The second-order valence-corrected chi connectivity index (χ2v) is 6.11. The topological polar surface area (TPSA) is 52.6 Å². The number of ether oxygens (including phenoxy) is 1. The highest BCUT2D eigenvalue weighted by atomic mass is 35.5. The van der Waals surface area contributed by atoms with Crippen molar-refractivity contribution in [2.24, 2.45) is 0 Å². The van der Waals surface area contributed by atoms with Crippen molar-refractivity contribution in [1.29, 1.82) is 0 Å². The van der Waals surface area contributed by atoms with Gasteiger partial charge < -0.3 is 14.2 Å². The van der Waals surface area contributed by atoms with Crippen LogP contribution in [0, 0.1) is 0 Å². The molecule has 0 spiro atoms. The number of halogens is 1. The molecule has 1 atom stereocenters. The molecule has 0 aliphatic heterocycles. The smallest absolute Gasteiger partial charge is 0.282 e. The first-order valence-corrected chi connectivity index (χ1v) is 8.04. The van der Waals surface area contributed by atoms with Gasteiger partial charge in [-0.1, -0.05) is 16.8 Å². The van der Waals surface area contributed by atoms with Crippen LogP contribution in [0.1, 0.15) is 11.5 Å². The number of rotatable bonds is 6. The largest absolute Gasteiger partial charge is 0.497 e. The summed E-state index contributed by atoms with van der Waals surface area (Å²) in [7, 11) is 3.76. The molecule has 0 fully saturated rings. The first-order chi connectivity index (χ1) is 11.6. The molecule has 0 saturated heterocycles. The van der Waals surface area contributed by atoms with E-state index in [4.69, 9.17) is 20.9 Å². The second-order valence-electron chi connectivity index (χ2n) is 5.68. The van der Waals surface area contributed by atoms with E-state index in [1.54, 1.807) is 7.11 Å². The van der Waals surface area contributed by atoms with Crippen LogP contribution in [0.4, 0.5) is 0 Å². The van der Waals surface area contributed by atoms with E-state index >= 15 is 0 Å². The highest BCUT2D eigenvalue weighted by molar-refractivity contribution is 6.30. The number of nitrogens with one attached hydrogen (secondary N) is 1. The van der Waals surface area contributed by atoms with Gasteiger partial charge in [0.1, 0.15) is 12.3 Å². The van der Waals surface area contributed by atoms with Gasteiger partial charge in [0.05, 0.1) is 14.2 Å². The van der Waals surface area contributed by atoms with Crippen LogP contribution < -0.4 is 9.64 Å². The Morgan fingerprint density at radius 2 is 1.75 bits per heavy atom. The first-order valence-electron chi connectivity index (χ1n) is 7.67. The minimum absolute atomic E-state index is 0.582. The average molecular weight is 345 g/mol. The maximum Gasteiger partial charge on any atom is 0.282 e. The molecule has 2 aromatic carbocycles. The van der Waals surface area contributed by atoms with Crippen LogP contribution in [0.25, 0.3) is 11.4 Å². The maximum atomic E-state index is 5.89. The van der Waals surface area contributed by atoms with Crippen molar-refractivity contribution in [1.82, 2.24) is 10.1 Å². The fourth-order valence-corrected chi connectivity index (χ4v) is 2.58. The van der Waals surface area contributed by atoms with Crippen LogP contribution in [0.2, 0.25) is 5.02 Å². The lowest BCUT2D eigenvalue weighted by Crippen LogP contribution is -3.06. The summed E-state index contributed by atoms with van der Waals surface area (Å²) in [5.74, 6) is 2.06. The zero-order valence-electron chi connectivity index (χ0n) is 13.6. The number of nitrogens with zero attached hydrogens (tertiary/aromatic N) is 2. The zero-order valence-corrected chi connectivity index (χ0v) is 14.4. The first kappa shape index (κ1) is 16.5. The fraction of sp³-hybridized carbons (Fsp3) is 0.222. The van der Waals surface area contributed by atoms with Crippen LogP contribution in [0.3, 0.4) is 0 Å². The molecule has 6 heteroatoms. The van der Waals surface area contributed by atoms with Gasteiger partial charge in [-0.2, -0.15) is 4.98 Å². The van der Waals surface area contributed by atoms with Crippen LogP contribution in [0.5, 0.6) is 5.75 Å². The van der Waals surface area contributed by atoms with Gasteiger partial charge in [-0.05, 0) is 48.5 Å². The Labute approximate surface area is 145 Å². The Balaban J connectivity index is 1.62. The van der Waals surface area contributed by atoms with Gasteiger partial charge in [0.2, 0.25) is 5.82 Å². The molecule has 1 N–H and O–H groups in total. The normalized spacial score (nSPS) is 12.1. The second kappa shape index (κ2) is 7.47. The molecular formula is C18H19ClN3O2+. The van der Waals surface area contributed by atoms with Gasteiger partial charge in [-0.3, -0.25) is 0 Å². The van der Waals surface area contributed by atoms with Crippen molar-refractivity contribution < 1.29 is 14.2 Å². The SMILES string of the molecule is COc1ccc(C[NH+](C)Cc2nc(-c3ccc(Cl)cc3)no2)cc1. The summed E-state index contributed by atoms with van der Waals surface area (Å²) < 4.78 is 10.5. The lowest BCUT2D eigenvalue weighted by atomic mass is 10.2. The van der Waals surface area contributed by atoms with Gasteiger partial charge in [0, 0.05) is 16.1 Å². The molecular weight excluding hydrogens is 326 g/mol. The van der Waals surface area contributed by atoms with E-state index in [2.05, 4.69) is 29.3 Å². The van der Waals surface area contributed by atoms with Gasteiger partial charge in [0.15, 0.2) is 6.54 Å². The molecule has 24 heavy (non-hydrogen) atoms. The molecule has 0 amide bonds. The summed E-state index contributed by atoms with van der Waals surface area (Å²) in [5, 5.41) is 4.73. The molecule has 0 saturated carbocycles. The molecule has 3 aromatic rings. The standard InChI is InChI=1S/C18H18ClN3O2/c1-22(11-13-3-9-16(23-2)10-4-13)12-17-20-18(21-24-17)14-5-7-15(19)8-6-14/h3-10H,11-12H2,1-2H3/p+1. The minimum atomic E-state index is 0.582. The molecule has 0 aliphatic rings. The van der Waals surface area contributed by atoms with Gasteiger partial charge in [-0.25, -0.2) is 0 Å². The van der Waals surface area contributed by atoms with E-state index in [1.165, 1.54) is 10.5 Å². The van der Waals surface area contributed by atoms with E-state index in [0.29, 0.717) is 23.3 Å². The Morgan fingerprint density at radius 1 is 1.04 bits per heavy atom. The molecule has 0 bridgehead atoms. The number of hydrogen-bond donors (Lipinski definition) is 1. The molecule has 1 unspecified atom stereocenters. The van der Waals surface area contributed by atoms with Gasteiger partial charge in [0.25, 0.3) is 5.89 Å². The van der Waals surface area contributed by atoms with E-state index in [-0.39, 0.29) is 0 Å². The molecule has 3 rings (SSSR count). The predicted molar refractivity (Wildman–Crippen MR) is 92.0 cm³/mol. The highest BCUT2D eigenvalue weighted by Crippen LogP contribution is 2.18. The Kier molecular flexibility index (Phi) is 5.13. The quantitative estimate of drug-likeness (QED) is 0.747. The highest BCUT2D eigenvalue weighted by Gasteiger charge is 2.13. The molecule has 1 heterocycles. The van der Waals surface area contributed by atoms with Crippen LogP contribution >= 0.6 is 11.6 Å². The minimum Gasteiger partial charge on any atom is -0.497 e. The van der Waals surface area contributed by atoms with Crippen molar-refractivity contribution in [3.63, 3.8) is 0 Å². The number of quaternary nitrogens is 1. The van der Waals surface area contributed by atoms with Gasteiger partial charge in [-0.15, -0.1) is 0 Å². The van der Waals surface area contributed by atoms with Crippen molar-refractivity contribution in [2.75, 3.05) is 14.2 Å². The average Bonchev–Trinajstić information content (AvgIpc) is 3.04. The monoisotopic (exact) mass is 344 g/mol. The third-order valence-electron chi connectivity index (χ3n) is 3.69. The van der Waals surface area contributed by atoms with E-state index in [9.17, 15) is 0 Å². The predicted octanol–water partition coefficient (Wildman–Crippen LogP) is 2.61. The van der Waals surface area contributed by atoms with Gasteiger partial charge >= 0.3 is 0 Å². The third kappa shape index (κ3) is 4.13. The summed E-state index contributed by atoms with van der Waals surface area (Å²) in [6.45, 7) is 1.52. The van der Waals surface area contributed by atoms with E-state index < -0.39 is 0 Å². The van der Waals surface area contributed by atoms with Crippen LogP contribution in [0.15, 0.2) is 53.1 Å². The van der Waals surface area contributed by atoms with Crippen molar-refractivity contribution in [3.05, 3.63) is 65.0 Å². The Bertz CT molecular complexity index is 785. The zero-order chi connectivity index (χ0) is 16.9. The number of hydrogen-bond acceptors (Lipinski definition) is 4. The van der Waals surface area contributed by atoms with Crippen molar-refractivity contribution in [3.8, 4) is 17.1 Å². The van der Waals surface area contributed by atoms with Crippen molar-refractivity contribution >= 4 is 11.6 Å². The number of aromatic nitrogens is 2. The maximum absolute atomic E-state index is 5.89. The molecule has 124 valence electrons. The van der Waals surface area contributed by atoms with Crippen molar-refractivity contribution in [2.45, 2.75) is 13.1 Å². The lowest BCUT2D eigenvalue weighted by molar-refractivity contribution is -0.909. The summed E-state index contributed by atoms with van der Waals surface area (Å²) >= 11 is 5.89. The molecule has 5 nitrogen and oxygen atoms in total. The molecule has 1 aromatic heterocycles. The van der Waals surface area contributed by atoms with Crippen LogP contribution in [-0.2, 0) is 13.1 Å². The summed E-state index contributed by atoms with van der Waals surface area (Å²) in [6.07, 6.45) is 0.